The first-order chi connectivity index (χ1) is 17.8. The van der Waals surface area contributed by atoms with Gasteiger partial charge in [-0.05, 0) is 43.0 Å². The summed E-state index contributed by atoms with van der Waals surface area (Å²) in [6.07, 6.45) is 1.55. The Bertz CT molecular complexity index is 1490. The number of carbonyl (C=O) groups excluding carboxylic acids is 1. The van der Waals surface area contributed by atoms with Crippen molar-refractivity contribution in [2.75, 3.05) is 4.90 Å². The molecule has 2 N–H and O–H groups in total. The number of aliphatic hydroxyl groups is 1. The number of aliphatic hydroxyl groups excluding tert-OH is 1. The van der Waals surface area contributed by atoms with E-state index in [4.69, 9.17) is 11.6 Å². The molecule has 0 fully saturated rings. The van der Waals surface area contributed by atoms with Gasteiger partial charge in [0.15, 0.2) is 5.78 Å². The number of aryl methyl sites for hydroxylation is 1. The molecule has 0 bridgehead atoms. The molecule has 5 rings (SSSR count). The maximum Gasteiger partial charge on any atom is 0.269 e. The molecule has 1 aliphatic heterocycles. The van der Waals surface area contributed by atoms with Crippen molar-refractivity contribution in [2.24, 2.45) is 0 Å². The summed E-state index contributed by atoms with van der Waals surface area (Å²) < 4.78 is 0. The number of nitro benzene ring substituents is 1. The smallest absolute Gasteiger partial charge is 0.269 e. The molecule has 0 saturated heterocycles. The van der Waals surface area contributed by atoms with Gasteiger partial charge in [0.2, 0.25) is 0 Å². The van der Waals surface area contributed by atoms with Crippen LogP contribution in [0.3, 0.4) is 0 Å². The van der Waals surface area contributed by atoms with Crippen LogP contribution in [-0.2, 0) is 4.79 Å². The molecule has 186 valence electrons. The molecule has 1 atom stereocenters. The fourth-order valence-electron chi connectivity index (χ4n) is 5.07. The second kappa shape index (κ2) is 9.67. The minimum Gasteiger partial charge on any atom is -0.507 e. The minimum absolute atomic E-state index is 0.0260. The van der Waals surface area contributed by atoms with Crippen LogP contribution in [0.25, 0.3) is 5.76 Å². The van der Waals surface area contributed by atoms with Crippen LogP contribution in [0, 0.1) is 22.4 Å². The molecule has 8 heteroatoms. The highest BCUT2D eigenvalue weighted by Crippen LogP contribution is 2.48. The van der Waals surface area contributed by atoms with Crippen molar-refractivity contribution in [3.63, 3.8) is 0 Å². The molecule has 1 heterocycles. The first kappa shape index (κ1) is 24.5. The van der Waals surface area contributed by atoms with Crippen LogP contribution in [0.15, 0.2) is 89.6 Å². The number of benzene rings is 3. The summed E-state index contributed by atoms with van der Waals surface area (Å²) >= 11 is 6.45. The molecule has 3 aromatic carbocycles. The summed E-state index contributed by atoms with van der Waals surface area (Å²) in [5.74, 6) is -0.924. The van der Waals surface area contributed by atoms with Crippen molar-refractivity contribution in [1.82, 2.24) is 0 Å². The molecular formula is C29H24ClN3O4. The lowest BCUT2D eigenvalue weighted by atomic mass is 9.73. The van der Waals surface area contributed by atoms with Gasteiger partial charge in [0, 0.05) is 57.6 Å². The van der Waals surface area contributed by atoms with Gasteiger partial charge < -0.3 is 5.11 Å². The van der Waals surface area contributed by atoms with Gasteiger partial charge in [-0.1, -0.05) is 60.1 Å². The molecular weight excluding hydrogens is 490 g/mol. The third-order valence-electron chi connectivity index (χ3n) is 6.91. The average molecular weight is 514 g/mol. The summed E-state index contributed by atoms with van der Waals surface area (Å²) in [6, 6.07) is 20.3. The molecule has 1 aliphatic carbocycles. The van der Waals surface area contributed by atoms with Gasteiger partial charge in [0.1, 0.15) is 11.6 Å². The highest BCUT2D eigenvalue weighted by molar-refractivity contribution is 6.32. The monoisotopic (exact) mass is 513 g/mol. The topological polar surface area (TPSA) is 108 Å². The zero-order valence-corrected chi connectivity index (χ0v) is 20.8. The number of rotatable bonds is 4. The number of anilines is 1. The summed E-state index contributed by atoms with van der Waals surface area (Å²) in [7, 11) is 0. The van der Waals surface area contributed by atoms with E-state index in [0.29, 0.717) is 52.4 Å². The lowest BCUT2D eigenvalue weighted by molar-refractivity contribution is -0.384. The number of halogens is 1. The van der Waals surface area contributed by atoms with Crippen molar-refractivity contribution < 1.29 is 14.8 Å². The number of hydrogen-bond acceptors (Lipinski definition) is 5. The molecule has 0 amide bonds. The standard InChI is InChI=1S/C29H24ClN3O4/c1-17-10-13-21(16-22(17)30)32-23-8-5-9-24(34)26(23)25(18-11-14-20(15-12-18)33(36)37)27(29(32)31)28(35)19-6-3-2-4-7-19/h2-4,6-7,10-16,25,31,35H,5,8-9H2,1H3/b28-27+,31-29?. The van der Waals surface area contributed by atoms with Crippen molar-refractivity contribution in [1.29, 1.82) is 5.41 Å². The van der Waals surface area contributed by atoms with E-state index in [1.165, 1.54) is 12.1 Å². The van der Waals surface area contributed by atoms with Crippen LogP contribution in [0.1, 0.15) is 41.9 Å². The summed E-state index contributed by atoms with van der Waals surface area (Å²) in [6.45, 7) is 1.89. The number of hydrogen-bond donors (Lipinski definition) is 2. The summed E-state index contributed by atoms with van der Waals surface area (Å²) in [5, 5.41) is 32.7. The van der Waals surface area contributed by atoms with Gasteiger partial charge in [-0.2, -0.15) is 0 Å². The quantitative estimate of drug-likeness (QED) is 0.219. The van der Waals surface area contributed by atoms with E-state index in [0.717, 1.165) is 5.56 Å². The highest BCUT2D eigenvalue weighted by atomic mass is 35.5. The maximum absolute atomic E-state index is 13.5. The van der Waals surface area contributed by atoms with Crippen molar-refractivity contribution in [3.8, 4) is 0 Å². The van der Waals surface area contributed by atoms with E-state index in [-0.39, 0.29) is 28.6 Å². The predicted octanol–water partition coefficient (Wildman–Crippen LogP) is 7.11. The van der Waals surface area contributed by atoms with Crippen LogP contribution in [0.2, 0.25) is 5.02 Å². The van der Waals surface area contributed by atoms with Gasteiger partial charge in [0.05, 0.1) is 4.92 Å². The van der Waals surface area contributed by atoms with Crippen LogP contribution in [0.4, 0.5) is 11.4 Å². The summed E-state index contributed by atoms with van der Waals surface area (Å²) in [4.78, 5) is 26.0. The number of nitrogens with zero attached hydrogens (tertiary/aromatic N) is 2. The fourth-order valence-corrected chi connectivity index (χ4v) is 5.25. The molecule has 0 radical (unpaired) electrons. The molecule has 0 aromatic heterocycles. The molecule has 0 saturated carbocycles. The Morgan fingerprint density at radius 2 is 1.78 bits per heavy atom. The van der Waals surface area contributed by atoms with Gasteiger partial charge in [-0.3, -0.25) is 25.2 Å². The van der Waals surface area contributed by atoms with Crippen LogP contribution >= 0.6 is 11.6 Å². The second-order valence-electron chi connectivity index (χ2n) is 9.16. The first-order valence-corrected chi connectivity index (χ1v) is 12.3. The lowest BCUT2D eigenvalue weighted by Gasteiger charge is -2.42. The molecule has 0 spiro atoms. The Morgan fingerprint density at radius 3 is 2.43 bits per heavy atom. The van der Waals surface area contributed by atoms with Crippen molar-refractivity contribution >= 4 is 40.4 Å². The molecule has 7 nitrogen and oxygen atoms in total. The molecule has 3 aromatic rings. The molecule has 37 heavy (non-hydrogen) atoms. The number of nitro groups is 1. The number of amidine groups is 1. The zero-order chi connectivity index (χ0) is 26.3. The van der Waals surface area contributed by atoms with Gasteiger partial charge >= 0.3 is 0 Å². The van der Waals surface area contributed by atoms with Gasteiger partial charge in [0.25, 0.3) is 5.69 Å². The Labute approximate surface area is 219 Å². The minimum atomic E-state index is -0.756. The van der Waals surface area contributed by atoms with E-state index in [2.05, 4.69) is 0 Å². The van der Waals surface area contributed by atoms with Crippen molar-refractivity contribution in [2.45, 2.75) is 32.1 Å². The number of non-ortho nitro benzene ring substituents is 1. The first-order valence-electron chi connectivity index (χ1n) is 11.9. The number of allylic oxidation sites excluding steroid dienone is 2. The molecule has 2 aliphatic rings. The van der Waals surface area contributed by atoms with Crippen LogP contribution < -0.4 is 4.90 Å². The number of nitrogens with one attached hydrogen (secondary N) is 1. The number of ketones is 1. The normalized spacial score (nSPS) is 19.1. The van der Waals surface area contributed by atoms with E-state index in [9.17, 15) is 25.4 Å². The Morgan fingerprint density at radius 1 is 1.08 bits per heavy atom. The van der Waals surface area contributed by atoms with Crippen LogP contribution in [0.5, 0.6) is 0 Å². The zero-order valence-electron chi connectivity index (χ0n) is 20.1. The van der Waals surface area contributed by atoms with E-state index >= 15 is 0 Å². The highest BCUT2D eigenvalue weighted by Gasteiger charge is 2.43. The van der Waals surface area contributed by atoms with Gasteiger partial charge in [-0.25, -0.2) is 0 Å². The number of Topliss-reactive ketones (excluding diaryl/α,β-unsaturated/α-hetero) is 1. The van der Waals surface area contributed by atoms with E-state index < -0.39 is 10.8 Å². The fraction of sp³-hybridized carbons (Fsp3) is 0.172. The largest absolute Gasteiger partial charge is 0.507 e. The molecule has 1 unspecified atom stereocenters. The third-order valence-corrected chi connectivity index (χ3v) is 7.32. The SMILES string of the molecule is Cc1ccc(N2C(=N)/C(=C(/O)c3ccccc3)C(c3ccc([N+](=O)[O-])cc3)C3=C2CCCC3=O)cc1Cl. The van der Waals surface area contributed by atoms with Crippen molar-refractivity contribution in [3.05, 3.63) is 121 Å². The Hall–Kier alpha value is -4.23. The predicted molar refractivity (Wildman–Crippen MR) is 144 cm³/mol. The van der Waals surface area contributed by atoms with E-state index in [1.54, 1.807) is 47.4 Å². The average Bonchev–Trinajstić information content (AvgIpc) is 2.90. The Balaban J connectivity index is 1.81. The second-order valence-corrected chi connectivity index (χ2v) is 9.57. The number of carbonyl (C=O) groups is 1. The lowest BCUT2D eigenvalue weighted by Crippen LogP contribution is -2.42. The maximum atomic E-state index is 13.5. The Kier molecular flexibility index (Phi) is 6.39. The van der Waals surface area contributed by atoms with Gasteiger partial charge in [-0.15, -0.1) is 0 Å². The third kappa shape index (κ3) is 4.32. The van der Waals surface area contributed by atoms with E-state index in [1.807, 2.05) is 25.1 Å². The van der Waals surface area contributed by atoms with Crippen LogP contribution in [-0.4, -0.2) is 21.6 Å². The summed E-state index contributed by atoms with van der Waals surface area (Å²) in [5.41, 5.74) is 3.97.